The Labute approximate surface area is 192 Å². The molecule has 9 heteroatoms. The summed E-state index contributed by atoms with van der Waals surface area (Å²) >= 11 is -0.556. The predicted octanol–water partition coefficient (Wildman–Crippen LogP) is 5.96. The Balaban J connectivity index is 0.000000183. The summed E-state index contributed by atoms with van der Waals surface area (Å²) in [6, 6.07) is 0. The van der Waals surface area contributed by atoms with Crippen LogP contribution in [0.25, 0.3) is 21.3 Å². The van der Waals surface area contributed by atoms with E-state index in [1.807, 2.05) is 18.2 Å². The summed E-state index contributed by atoms with van der Waals surface area (Å²) in [4.78, 5) is 0. The van der Waals surface area contributed by atoms with Crippen LogP contribution in [0.1, 0.15) is 57.8 Å². The molecule has 0 aromatic rings. The molecule has 4 aliphatic rings. The zero-order chi connectivity index (χ0) is 20.6. The van der Waals surface area contributed by atoms with Crippen molar-refractivity contribution in [3.05, 3.63) is 45.3 Å². The Hall–Kier alpha value is 0.149. The second-order valence-corrected chi connectivity index (χ2v) is 10.9. The minimum atomic E-state index is -0.556. The van der Waals surface area contributed by atoms with Gasteiger partial charge in [-0.2, -0.15) is 0 Å². The van der Waals surface area contributed by atoms with E-state index in [0.717, 1.165) is 38.4 Å². The molecule has 6 nitrogen and oxygen atoms in total. The van der Waals surface area contributed by atoms with Crippen molar-refractivity contribution in [3.8, 4) is 0 Å². The van der Waals surface area contributed by atoms with Crippen LogP contribution in [0.4, 0.5) is 0 Å². The molecule has 3 unspecified atom stereocenters. The van der Waals surface area contributed by atoms with Crippen molar-refractivity contribution in [1.29, 1.82) is 0 Å². The standard InChI is InChI=1S/C10H19N3.C10H15N3.2ClH.Ir/c2*1-3-7-11-9(5-1)13-10-6-2-4-8-12-10;;;/h9-10,13H,1-8H2;1,3,5,10,13H,2,4,6-8H2;2*1H;/q2*-2;;;+3/p-2. The molecular formula is C20H34Cl2IrN6-3. The number of hydrogen-bond acceptors (Lipinski definition) is 2. The molecule has 170 valence electrons. The molecular weight excluding hydrogens is 587 g/mol. The van der Waals surface area contributed by atoms with E-state index in [1.165, 1.54) is 51.4 Å². The fourth-order valence-corrected chi connectivity index (χ4v) is 3.66. The van der Waals surface area contributed by atoms with Gasteiger partial charge in [0.2, 0.25) is 0 Å². The van der Waals surface area contributed by atoms with E-state index >= 15 is 0 Å². The summed E-state index contributed by atoms with van der Waals surface area (Å²) in [5.74, 6) is 0.984. The monoisotopic (exact) mass is 621 g/mol. The number of nitrogens with zero attached hydrogens (tertiary/aromatic N) is 4. The second kappa shape index (κ2) is 16.8. The van der Waals surface area contributed by atoms with Gasteiger partial charge in [0.25, 0.3) is 0 Å². The van der Waals surface area contributed by atoms with E-state index in [1.54, 1.807) is 0 Å². The average Bonchev–Trinajstić information content (AvgIpc) is 2.78. The number of piperidine rings is 3. The minimum absolute atomic E-state index is 0.301. The van der Waals surface area contributed by atoms with Crippen molar-refractivity contribution in [1.82, 2.24) is 10.6 Å². The van der Waals surface area contributed by atoms with Gasteiger partial charge in [-0.05, 0) is 6.54 Å². The van der Waals surface area contributed by atoms with Crippen molar-refractivity contribution in [2.75, 3.05) is 26.2 Å². The Kier molecular flexibility index (Phi) is 14.7. The molecule has 0 amide bonds. The first-order chi connectivity index (χ1) is 14.3. The van der Waals surface area contributed by atoms with E-state index in [0.29, 0.717) is 18.5 Å². The van der Waals surface area contributed by atoms with E-state index in [-0.39, 0.29) is 0 Å². The molecule has 0 aromatic carbocycles. The van der Waals surface area contributed by atoms with Crippen molar-refractivity contribution < 1.29 is 15.7 Å². The van der Waals surface area contributed by atoms with Crippen LogP contribution in [0.2, 0.25) is 0 Å². The molecule has 0 saturated carbocycles. The summed E-state index contributed by atoms with van der Waals surface area (Å²) in [5.41, 5.74) is 0. The number of hydrogen-bond donors (Lipinski definition) is 2. The average molecular weight is 622 g/mol. The molecule has 0 spiro atoms. The van der Waals surface area contributed by atoms with E-state index in [9.17, 15) is 0 Å². The quantitative estimate of drug-likeness (QED) is 0.406. The normalized spacial score (nSPS) is 29.3. The first-order valence-electron chi connectivity index (χ1n) is 10.7. The predicted molar refractivity (Wildman–Crippen MR) is 121 cm³/mol. The fraction of sp³-hybridized carbons (Fsp3) is 0.800. The van der Waals surface area contributed by atoms with Crippen LogP contribution in [-0.4, -0.2) is 44.7 Å². The van der Waals surface area contributed by atoms with Crippen LogP contribution in [0, 0.1) is 0 Å². The second-order valence-electron chi connectivity index (χ2n) is 7.43. The first-order valence-corrected chi connectivity index (χ1v) is 16.7. The Bertz CT molecular complexity index is 446. The van der Waals surface area contributed by atoms with Gasteiger partial charge in [0.15, 0.2) is 0 Å². The molecule has 0 radical (unpaired) electrons. The van der Waals surface area contributed by atoms with Gasteiger partial charge < -0.3 is 31.9 Å². The van der Waals surface area contributed by atoms with Crippen LogP contribution in [0.3, 0.4) is 0 Å². The molecule has 29 heavy (non-hydrogen) atoms. The molecule has 2 N–H and O–H groups in total. The van der Waals surface area contributed by atoms with Crippen LogP contribution < -0.4 is 10.6 Å². The maximum absolute atomic E-state index is 4.89. The summed E-state index contributed by atoms with van der Waals surface area (Å²) in [6.45, 7) is 3.89. The van der Waals surface area contributed by atoms with Crippen LogP contribution in [0.5, 0.6) is 0 Å². The third-order valence-electron chi connectivity index (χ3n) is 5.16. The summed E-state index contributed by atoms with van der Waals surface area (Å²) < 4.78 is 0. The van der Waals surface area contributed by atoms with E-state index < -0.39 is 15.7 Å². The molecule has 4 rings (SSSR count). The molecule has 3 saturated heterocycles. The van der Waals surface area contributed by atoms with Crippen LogP contribution >= 0.6 is 19.2 Å². The molecule has 4 aliphatic heterocycles. The van der Waals surface area contributed by atoms with Gasteiger partial charge in [0, 0.05) is 0 Å². The molecule has 0 bridgehead atoms. The Morgan fingerprint density at radius 2 is 1.31 bits per heavy atom. The van der Waals surface area contributed by atoms with Gasteiger partial charge in [-0.1, -0.05) is 94.2 Å². The topological polar surface area (TPSA) is 80.5 Å². The zero-order valence-electron chi connectivity index (χ0n) is 17.0. The summed E-state index contributed by atoms with van der Waals surface area (Å²) in [7, 11) is 9.78. The molecule has 3 fully saturated rings. The SMILES string of the molecule is C1=CC[N-]C(NC2CCCC[N-]2)=C1.C1CCC(NC2CCCC[N-]2)[N-]C1.[Cl][Ir+][Cl]. The number of rotatable bonds is 4. The van der Waals surface area contributed by atoms with Crippen molar-refractivity contribution in [2.45, 2.75) is 76.3 Å². The summed E-state index contributed by atoms with van der Waals surface area (Å²) in [5, 5.41) is 24.8. The molecule has 0 aliphatic carbocycles. The Morgan fingerprint density at radius 3 is 1.72 bits per heavy atom. The summed E-state index contributed by atoms with van der Waals surface area (Å²) in [6.07, 6.45) is 18.5. The van der Waals surface area contributed by atoms with Crippen molar-refractivity contribution >= 4 is 19.2 Å². The number of halogens is 2. The Morgan fingerprint density at radius 1 is 0.793 bits per heavy atom. The molecule has 0 aromatic heterocycles. The van der Waals surface area contributed by atoms with Gasteiger partial charge in [0.05, 0.1) is 0 Å². The number of allylic oxidation sites excluding steroid dienone is 2. The van der Waals surface area contributed by atoms with Gasteiger partial charge >= 0.3 is 34.8 Å². The van der Waals surface area contributed by atoms with E-state index in [4.69, 9.17) is 19.2 Å². The molecule has 3 atom stereocenters. The van der Waals surface area contributed by atoms with Crippen LogP contribution in [-0.2, 0) is 15.7 Å². The third kappa shape index (κ3) is 11.9. The third-order valence-corrected chi connectivity index (χ3v) is 5.16. The van der Waals surface area contributed by atoms with Gasteiger partial charge in [-0.3, -0.25) is 0 Å². The maximum atomic E-state index is 4.89. The number of nitrogens with one attached hydrogen (secondary N) is 2. The zero-order valence-corrected chi connectivity index (χ0v) is 20.9. The van der Waals surface area contributed by atoms with Gasteiger partial charge in [-0.25, -0.2) is 0 Å². The van der Waals surface area contributed by atoms with Gasteiger partial charge in [0.1, 0.15) is 0 Å². The van der Waals surface area contributed by atoms with Gasteiger partial charge in [-0.15, -0.1) is 25.8 Å². The van der Waals surface area contributed by atoms with Crippen LogP contribution in [0.15, 0.2) is 24.0 Å². The van der Waals surface area contributed by atoms with E-state index in [2.05, 4.69) is 31.9 Å². The van der Waals surface area contributed by atoms with Crippen molar-refractivity contribution in [3.63, 3.8) is 0 Å². The molecule has 4 heterocycles. The fourth-order valence-electron chi connectivity index (χ4n) is 3.66. The van der Waals surface area contributed by atoms with Crippen molar-refractivity contribution in [2.24, 2.45) is 0 Å². The first kappa shape index (κ1) is 25.4.